The van der Waals surface area contributed by atoms with Gasteiger partial charge in [0.25, 0.3) is 5.91 Å². The Bertz CT molecular complexity index is 791. The molecule has 1 aliphatic heterocycles. The summed E-state index contributed by atoms with van der Waals surface area (Å²) in [5, 5.41) is 0. The van der Waals surface area contributed by atoms with Crippen molar-refractivity contribution >= 4 is 5.91 Å². The maximum absolute atomic E-state index is 13.2. The van der Waals surface area contributed by atoms with Crippen molar-refractivity contribution < 1.29 is 19.0 Å². The average Bonchev–Trinajstić information content (AvgIpc) is 3.11. The Kier molecular flexibility index (Phi) is 6.14. The molecule has 0 atom stereocenters. The number of nitrogens with zero attached hydrogens (tertiary/aromatic N) is 1. The summed E-state index contributed by atoms with van der Waals surface area (Å²) < 4.78 is 16.0. The van der Waals surface area contributed by atoms with E-state index < -0.39 is 0 Å². The number of ether oxygens (including phenoxy) is 3. The second kappa shape index (κ2) is 8.55. The van der Waals surface area contributed by atoms with Crippen molar-refractivity contribution in [1.82, 2.24) is 4.90 Å². The molecule has 0 aliphatic carbocycles. The quantitative estimate of drug-likeness (QED) is 0.545. The van der Waals surface area contributed by atoms with Crippen LogP contribution in [0.2, 0.25) is 0 Å². The molecule has 0 aromatic heterocycles. The highest BCUT2D eigenvalue weighted by Gasteiger charge is 2.27. The van der Waals surface area contributed by atoms with Crippen molar-refractivity contribution in [2.75, 3.05) is 21.0 Å². The summed E-state index contributed by atoms with van der Waals surface area (Å²) in [4.78, 5) is 15.1. The number of benzene rings is 2. The third kappa shape index (κ3) is 4.15. The van der Waals surface area contributed by atoms with Gasteiger partial charge in [-0.05, 0) is 40.3 Å². The van der Waals surface area contributed by atoms with Gasteiger partial charge in [0.05, 0.1) is 19.3 Å². The second-order valence-electron chi connectivity index (χ2n) is 7.09. The molecular formula is C22H27NO4. The molecule has 1 aliphatic rings. The van der Waals surface area contributed by atoms with Crippen molar-refractivity contribution in [2.24, 2.45) is 0 Å². The first-order chi connectivity index (χ1) is 13.0. The van der Waals surface area contributed by atoms with E-state index in [4.69, 9.17) is 14.2 Å². The summed E-state index contributed by atoms with van der Waals surface area (Å²) in [6.45, 7) is 6.14. The Morgan fingerprint density at radius 1 is 1.11 bits per heavy atom. The molecule has 5 nitrogen and oxygen atoms in total. The molecule has 0 saturated heterocycles. The standard InChI is InChI=1S/C22H27NO4/c1-15(2)19-10-20(21(26-4)9-18(19)13-27-14-25-3)22(24)23-11-16-7-5-6-8-17(16)12-23/h5-10,15H,11-14H2,1-4H3. The van der Waals surface area contributed by atoms with E-state index >= 15 is 0 Å². The Labute approximate surface area is 160 Å². The van der Waals surface area contributed by atoms with Gasteiger partial charge >= 0.3 is 0 Å². The van der Waals surface area contributed by atoms with Crippen LogP contribution >= 0.6 is 0 Å². The SMILES string of the molecule is COCOCc1cc(OC)c(C(=O)N2Cc3ccccc3C2)cc1C(C)C. The summed E-state index contributed by atoms with van der Waals surface area (Å²) in [5.41, 5.74) is 5.12. The Morgan fingerprint density at radius 3 is 2.33 bits per heavy atom. The number of methoxy groups -OCH3 is 2. The molecule has 27 heavy (non-hydrogen) atoms. The van der Waals surface area contributed by atoms with Gasteiger partial charge in [-0.25, -0.2) is 0 Å². The maximum atomic E-state index is 13.2. The first-order valence-electron chi connectivity index (χ1n) is 9.18. The molecule has 5 heteroatoms. The fourth-order valence-electron chi connectivity index (χ4n) is 3.52. The number of fused-ring (bicyclic) bond motifs is 1. The minimum atomic E-state index is -0.00527. The Morgan fingerprint density at radius 2 is 1.78 bits per heavy atom. The first-order valence-corrected chi connectivity index (χ1v) is 9.18. The number of carbonyl (C=O) groups excluding carboxylic acids is 1. The van der Waals surface area contributed by atoms with E-state index in [-0.39, 0.29) is 18.6 Å². The zero-order valence-electron chi connectivity index (χ0n) is 16.5. The molecule has 1 amide bonds. The van der Waals surface area contributed by atoms with Crippen molar-refractivity contribution in [3.63, 3.8) is 0 Å². The van der Waals surface area contributed by atoms with Gasteiger partial charge in [0.15, 0.2) is 0 Å². The predicted octanol–water partition coefficient (Wildman–Crippen LogP) is 4.10. The van der Waals surface area contributed by atoms with Crippen LogP contribution in [-0.4, -0.2) is 31.8 Å². The molecule has 3 rings (SSSR count). The molecule has 0 fully saturated rings. The molecule has 2 aromatic rings. The third-order valence-corrected chi connectivity index (χ3v) is 4.90. The van der Waals surface area contributed by atoms with Crippen LogP contribution in [0.25, 0.3) is 0 Å². The molecule has 2 aromatic carbocycles. The molecule has 0 spiro atoms. The van der Waals surface area contributed by atoms with E-state index in [1.54, 1.807) is 14.2 Å². The average molecular weight is 369 g/mol. The molecule has 0 radical (unpaired) electrons. The second-order valence-corrected chi connectivity index (χ2v) is 7.09. The van der Waals surface area contributed by atoms with Crippen LogP contribution in [0.3, 0.4) is 0 Å². The molecular weight excluding hydrogens is 342 g/mol. The van der Waals surface area contributed by atoms with Gasteiger partial charge < -0.3 is 19.1 Å². The fraction of sp³-hybridized carbons (Fsp3) is 0.409. The molecule has 1 heterocycles. The third-order valence-electron chi connectivity index (χ3n) is 4.90. The number of hydrogen-bond donors (Lipinski definition) is 0. The number of rotatable bonds is 7. The van der Waals surface area contributed by atoms with E-state index in [9.17, 15) is 4.79 Å². The van der Waals surface area contributed by atoms with E-state index in [1.165, 1.54) is 11.1 Å². The number of hydrogen-bond acceptors (Lipinski definition) is 4. The highest BCUT2D eigenvalue weighted by atomic mass is 16.7. The van der Waals surface area contributed by atoms with Gasteiger partial charge in [-0.1, -0.05) is 38.1 Å². The number of amides is 1. The van der Waals surface area contributed by atoms with Gasteiger partial charge in [0.2, 0.25) is 0 Å². The predicted molar refractivity (Wildman–Crippen MR) is 104 cm³/mol. The van der Waals surface area contributed by atoms with E-state index in [2.05, 4.69) is 26.0 Å². The molecule has 0 saturated carbocycles. The molecule has 144 valence electrons. The smallest absolute Gasteiger partial charge is 0.258 e. The van der Waals surface area contributed by atoms with Crippen LogP contribution in [-0.2, 0) is 29.2 Å². The van der Waals surface area contributed by atoms with E-state index in [0.717, 1.165) is 11.1 Å². The van der Waals surface area contributed by atoms with Crippen LogP contribution < -0.4 is 4.74 Å². The molecule has 0 unspecified atom stereocenters. The van der Waals surface area contributed by atoms with Crippen LogP contribution in [0.5, 0.6) is 5.75 Å². The lowest BCUT2D eigenvalue weighted by atomic mass is 9.94. The lowest BCUT2D eigenvalue weighted by Gasteiger charge is -2.21. The Balaban J connectivity index is 1.90. The zero-order valence-corrected chi connectivity index (χ0v) is 16.5. The van der Waals surface area contributed by atoms with Gasteiger partial charge in [0, 0.05) is 20.2 Å². The monoisotopic (exact) mass is 369 g/mol. The lowest BCUT2D eigenvalue weighted by Crippen LogP contribution is -2.26. The van der Waals surface area contributed by atoms with Crippen LogP contribution in [0.4, 0.5) is 0 Å². The van der Waals surface area contributed by atoms with E-state index in [0.29, 0.717) is 31.0 Å². The summed E-state index contributed by atoms with van der Waals surface area (Å²) in [6.07, 6.45) is 0. The van der Waals surface area contributed by atoms with Crippen LogP contribution in [0, 0.1) is 0 Å². The normalized spacial score (nSPS) is 13.1. The van der Waals surface area contributed by atoms with Gasteiger partial charge in [-0.15, -0.1) is 0 Å². The lowest BCUT2D eigenvalue weighted by molar-refractivity contribution is -0.0393. The largest absolute Gasteiger partial charge is 0.496 e. The maximum Gasteiger partial charge on any atom is 0.258 e. The molecule has 0 N–H and O–H groups in total. The highest BCUT2D eigenvalue weighted by Crippen LogP contribution is 2.32. The Hall–Kier alpha value is -2.37. The first kappa shape index (κ1) is 19.4. The number of carbonyl (C=O) groups is 1. The minimum absolute atomic E-state index is 0.00527. The van der Waals surface area contributed by atoms with Gasteiger partial charge in [-0.2, -0.15) is 0 Å². The highest BCUT2D eigenvalue weighted by molar-refractivity contribution is 5.97. The van der Waals surface area contributed by atoms with Crippen LogP contribution in [0.1, 0.15) is 52.4 Å². The van der Waals surface area contributed by atoms with Gasteiger partial charge in [0.1, 0.15) is 12.5 Å². The summed E-state index contributed by atoms with van der Waals surface area (Å²) in [5.74, 6) is 0.838. The summed E-state index contributed by atoms with van der Waals surface area (Å²) in [6, 6.07) is 12.1. The van der Waals surface area contributed by atoms with Crippen molar-refractivity contribution in [2.45, 2.75) is 39.5 Å². The van der Waals surface area contributed by atoms with E-state index in [1.807, 2.05) is 29.2 Å². The zero-order chi connectivity index (χ0) is 19.4. The van der Waals surface area contributed by atoms with Crippen LogP contribution in [0.15, 0.2) is 36.4 Å². The topological polar surface area (TPSA) is 48.0 Å². The van der Waals surface area contributed by atoms with Crippen molar-refractivity contribution in [1.29, 1.82) is 0 Å². The minimum Gasteiger partial charge on any atom is -0.496 e. The fourth-order valence-corrected chi connectivity index (χ4v) is 3.52. The van der Waals surface area contributed by atoms with Gasteiger partial charge in [-0.3, -0.25) is 4.79 Å². The van der Waals surface area contributed by atoms with Crippen molar-refractivity contribution in [3.8, 4) is 5.75 Å². The summed E-state index contributed by atoms with van der Waals surface area (Å²) >= 11 is 0. The molecule has 0 bridgehead atoms. The van der Waals surface area contributed by atoms with Crippen molar-refractivity contribution in [3.05, 3.63) is 64.2 Å². The summed E-state index contributed by atoms with van der Waals surface area (Å²) in [7, 11) is 3.19.